The number of thioether (sulfide) groups is 1. The van der Waals surface area contributed by atoms with Gasteiger partial charge in [-0.2, -0.15) is 0 Å². The zero-order chi connectivity index (χ0) is 19.2. The lowest BCUT2D eigenvalue weighted by Crippen LogP contribution is -2.23. The normalized spacial score (nSPS) is 13.9. The second-order valence-corrected chi connectivity index (χ2v) is 7.52. The van der Waals surface area contributed by atoms with Crippen LogP contribution in [0.2, 0.25) is 0 Å². The van der Waals surface area contributed by atoms with Crippen molar-refractivity contribution in [3.63, 3.8) is 0 Å². The first-order valence-corrected chi connectivity index (χ1v) is 10.2. The van der Waals surface area contributed by atoms with Crippen molar-refractivity contribution in [1.82, 2.24) is 15.1 Å². The van der Waals surface area contributed by atoms with Gasteiger partial charge in [-0.15, -0.1) is 10.2 Å². The summed E-state index contributed by atoms with van der Waals surface area (Å²) in [6, 6.07) is 18.1. The first-order chi connectivity index (χ1) is 13.8. The van der Waals surface area contributed by atoms with Crippen molar-refractivity contribution in [2.75, 3.05) is 6.54 Å². The average molecular weight is 395 g/mol. The smallest absolute Gasteiger partial charge is 0.276 e. The van der Waals surface area contributed by atoms with E-state index >= 15 is 0 Å². The number of amides is 1. The Labute approximate surface area is 167 Å². The Hall–Kier alpha value is -2.80. The number of hydrogen-bond acceptors (Lipinski definition) is 6. The molecule has 144 valence electrons. The van der Waals surface area contributed by atoms with E-state index in [0.717, 1.165) is 29.8 Å². The molecule has 0 spiro atoms. The number of likely N-dealkylation sites (tertiary alicyclic amines) is 1. The molecule has 0 radical (unpaired) electrons. The second-order valence-electron chi connectivity index (χ2n) is 6.59. The molecular weight excluding hydrogens is 374 g/mol. The maximum absolute atomic E-state index is 11.7. The summed E-state index contributed by atoms with van der Waals surface area (Å²) in [4.78, 5) is 13.5. The van der Waals surface area contributed by atoms with Gasteiger partial charge in [-0.3, -0.25) is 4.79 Å². The number of carbonyl (C=O) groups excluding carboxylic acids is 1. The molecule has 1 aliphatic heterocycles. The molecule has 0 aliphatic carbocycles. The third-order valence-electron chi connectivity index (χ3n) is 4.45. The van der Waals surface area contributed by atoms with Crippen molar-refractivity contribution < 1.29 is 13.9 Å². The summed E-state index contributed by atoms with van der Waals surface area (Å²) in [6.45, 7) is 1.70. The summed E-state index contributed by atoms with van der Waals surface area (Å²) in [5.74, 6) is 2.17. The Morgan fingerprint density at radius 3 is 2.75 bits per heavy atom. The van der Waals surface area contributed by atoms with Crippen molar-refractivity contribution >= 4 is 17.7 Å². The standard InChI is InChI=1S/C21H21N3O3S/c25-20-10-5-11-24(20)13-19-22-23-21(27-19)28-15-17-8-4-9-18(12-17)26-14-16-6-2-1-3-7-16/h1-4,6-9,12H,5,10-11,13-15H2. The Kier molecular flexibility index (Phi) is 5.92. The first kappa shape index (κ1) is 18.6. The van der Waals surface area contributed by atoms with Gasteiger partial charge in [0.25, 0.3) is 5.22 Å². The van der Waals surface area contributed by atoms with Crippen LogP contribution in [0.4, 0.5) is 0 Å². The summed E-state index contributed by atoms with van der Waals surface area (Å²) >= 11 is 1.48. The van der Waals surface area contributed by atoms with Gasteiger partial charge in [0, 0.05) is 18.7 Å². The minimum absolute atomic E-state index is 0.153. The molecule has 1 fully saturated rings. The SMILES string of the molecule is O=C1CCCN1Cc1nnc(SCc2cccc(OCc3ccccc3)c2)o1. The molecule has 1 saturated heterocycles. The summed E-state index contributed by atoms with van der Waals surface area (Å²) < 4.78 is 11.5. The number of benzene rings is 2. The van der Waals surface area contributed by atoms with Gasteiger partial charge in [0.15, 0.2) is 0 Å². The van der Waals surface area contributed by atoms with Crippen LogP contribution in [-0.4, -0.2) is 27.5 Å². The molecular formula is C21H21N3O3S. The molecule has 0 atom stereocenters. The van der Waals surface area contributed by atoms with Gasteiger partial charge in [0.1, 0.15) is 12.4 Å². The second kappa shape index (κ2) is 8.93. The lowest BCUT2D eigenvalue weighted by molar-refractivity contribution is -0.128. The number of nitrogens with zero attached hydrogens (tertiary/aromatic N) is 3. The molecule has 0 bridgehead atoms. The largest absolute Gasteiger partial charge is 0.489 e. The molecule has 6 nitrogen and oxygen atoms in total. The van der Waals surface area contributed by atoms with Crippen LogP contribution in [0.5, 0.6) is 5.75 Å². The van der Waals surface area contributed by atoms with Crippen LogP contribution in [-0.2, 0) is 23.7 Å². The predicted octanol–water partition coefficient (Wildman–Crippen LogP) is 4.06. The van der Waals surface area contributed by atoms with Crippen molar-refractivity contribution in [3.8, 4) is 5.75 Å². The third-order valence-corrected chi connectivity index (χ3v) is 5.34. The van der Waals surface area contributed by atoms with Gasteiger partial charge in [-0.05, 0) is 29.7 Å². The number of ether oxygens (including phenoxy) is 1. The molecule has 3 aromatic rings. The average Bonchev–Trinajstić information content (AvgIpc) is 3.35. The lowest BCUT2D eigenvalue weighted by Gasteiger charge is -2.11. The fourth-order valence-electron chi connectivity index (χ4n) is 3.01. The highest BCUT2D eigenvalue weighted by atomic mass is 32.2. The zero-order valence-corrected chi connectivity index (χ0v) is 16.2. The van der Waals surface area contributed by atoms with E-state index in [1.165, 1.54) is 11.8 Å². The molecule has 0 saturated carbocycles. The van der Waals surface area contributed by atoms with E-state index < -0.39 is 0 Å². The molecule has 28 heavy (non-hydrogen) atoms. The maximum Gasteiger partial charge on any atom is 0.276 e. The minimum atomic E-state index is 0.153. The van der Waals surface area contributed by atoms with E-state index in [0.29, 0.717) is 36.4 Å². The van der Waals surface area contributed by atoms with Crippen LogP contribution in [0.25, 0.3) is 0 Å². The first-order valence-electron chi connectivity index (χ1n) is 9.25. The minimum Gasteiger partial charge on any atom is -0.489 e. The Morgan fingerprint density at radius 1 is 1.07 bits per heavy atom. The van der Waals surface area contributed by atoms with Gasteiger partial charge in [0.2, 0.25) is 11.8 Å². The van der Waals surface area contributed by atoms with Crippen LogP contribution in [0.3, 0.4) is 0 Å². The molecule has 4 rings (SSSR count). The molecule has 1 aliphatic rings. The fourth-order valence-corrected chi connectivity index (χ4v) is 3.73. The highest BCUT2D eigenvalue weighted by molar-refractivity contribution is 7.98. The van der Waals surface area contributed by atoms with E-state index in [9.17, 15) is 4.79 Å². The summed E-state index contributed by atoms with van der Waals surface area (Å²) in [5.41, 5.74) is 2.25. The Morgan fingerprint density at radius 2 is 1.93 bits per heavy atom. The molecule has 1 aromatic heterocycles. The molecule has 2 heterocycles. The molecule has 7 heteroatoms. The van der Waals surface area contributed by atoms with E-state index in [1.54, 1.807) is 4.90 Å². The Balaban J connectivity index is 1.29. The van der Waals surface area contributed by atoms with Crippen molar-refractivity contribution in [1.29, 1.82) is 0 Å². The highest BCUT2D eigenvalue weighted by Crippen LogP contribution is 2.25. The number of carbonyl (C=O) groups is 1. The zero-order valence-electron chi connectivity index (χ0n) is 15.4. The van der Waals surface area contributed by atoms with E-state index in [4.69, 9.17) is 9.15 Å². The van der Waals surface area contributed by atoms with Crippen LogP contribution < -0.4 is 4.74 Å². The topological polar surface area (TPSA) is 68.5 Å². The molecule has 1 amide bonds. The van der Waals surface area contributed by atoms with Crippen molar-refractivity contribution in [2.24, 2.45) is 0 Å². The summed E-state index contributed by atoms with van der Waals surface area (Å²) in [6.07, 6.45) is 1.51. The van der Waals surface area contributed by atoms with Gasteiger partial charge in [-0.1, -0.05) is 54.2 Å². The van der Waals surface area contributed by atoms with Gasteiger partial charge < -0.3 is 14.1 Å². The predicted molar refractivity (Wildman–Crippen MR) is 106 cm³/mol. The lowest BCUT2D eigenvalue weighted by atomic mass is 10.2. The van der Waals surface area contributed by atoms with Crippen LogP contribution >= 0.6 is 11.8 Å². The number of rotatable bonds is 8. The fraction of sp³-hybridized carbons (Fsp3) is 0.286. The number of aromatic nitrogens is 2. The Bertz CT molecular complexity index is 929. The highest BCUT2D eigenvalue weighted by Gasteiger charge is 2.22. The van der Waals surface area contributed by atoms with Crippen LogP contribution in [0.15, 0.2) is 64.2 Å². The van der Waals surface area contributed by atoms with Gasteiger partial charge in [0.05, 0.1) is 6.54 Å². The summed E-state index contributed by atoms with van der Waals surface area (Å²) in [5, 5.41) is 8.64. The van der Waals surface area contributed by atoms with E-state index in [2.05, 4.69) is 10.2 Å². The van der Waals surface area contributed by atoms with Gasteiger partial charge >= 0.3 is 0 Å². The van der Waals surface area contributed by atoms with E-state index in [-0.39, 0.29) is 5.91 Å². The summed E-state index contributed by atoms with van der Waals surface area (Å²) in [7, 11) is 0. The van der Waals surface area contributed by atoms with Crippen molar-refractivity contribution in [3.05, 3.63) is 71.6 Å². The molecule has 0 unspecified atom stereocenters. The monoisotopic (exact) mass is 395 g/mol. The molecule has 2 aromatic carbocycles. The van der Waals surface area contributed by atoms with E-state index in [1.807, 2.05) is 54.6 Å². The van der Waals surface area contributed by atoms with Crippen LogP contribution in [0, 0.1) is 0 Å². The number of hydrogen-bond donors (Lipinski definition) is 0. The maximum atomic E-state index is 11.7. The molecule has 0 N–H and O–H groups in total. The van der Waals surface area contributed by atoms with Crippen LogP contribution in [0.1, 0.15) is 29.9 Å². The van der Waals surface area contributed by atoms with Crippen molar-refractivity contribution in [2.45, 2.75) is 37.0 Å². The quantitative estimate of drug-likeness (QED) is 0.536. The third kappa shape index (κ3) is 4.92. The van der Waals surface area contributed by atoms with Gasteiger partial charge in [-0.25, -0.2) is 0 Å².